The minimum Gasteiger partial charge on any atom is -0.360 e. The summed E-state index contributed by atoms with van der Waals surface area (Å²) in [5.41, 5.74) is -0.474. The first-order valence-electron chi connectivity index (χ1n) is 4.37. The first kappa shape index (κ1) is 11.1. The van der Waals surface area contributed by atoms with E-state index in [2.05, 4.69) is 14.1 Å². The average Bonchev–Trinajstić information content (AvgIpc) is 2.59. The summed E-state index contributed by atoms with van der Waals surface area (Å²) in [6, 6.07) is 0. The van der Waals surface area contributed by atoms with Crippen molar-refractivity contribution in [3.63, 3.8) is 0 Å². The van der Waals surface area contributed by atoms with Crippen LogP contribution in [0.5, 0.6) is 0 Å². The van der Waals surface area contributed by atoms with Gasteiger partial charge in [-0.2, -0.15) is 8.75 Å². The third kappa shape index (κ3) is 2.40. The number of aromatic nitrogens is 2. The lowest BCUT2D eigenvalue weighted by atomic mass is 10.0. The van der Waals surface area contributed by atoms with E-state index in [1.165, 1.54) is 0 Å². The van der Waals surface area contributed by atoms with E-state index < -0.39 is 15.4 Å². The Kier molecular flexibility index (Phi) is 2.64. The molecule has 1 N–H and O–H groups in total. The normalized spacial score (nSPS) is 29.2. The van der Waals surface area contributed by atoms with E-state index in [1.54, 1.807) is 0 Å². The van der Waals surface area contributed by atoms with Crippen LogP contribution >= 0.6 is 23.3 Å². The van der Waals surface area contributed by atoms with E-state index in [-0.39, 0.29) is 11.5 Å². The van der Waals surface area contributed by atoms with E-state index >= 15 is 0 Å². The highest BCUT2D eigenvalue weighted by Crippen LogP contribution is 2.29. The number of hydrogen-bond acceptors (Lipinski definition) is 6. The molecule has 0 saturated carbocycles. The van der Waals surface area contributed by atoms with Crippen LogP contribution in [0.4, 0.5) is 5.82 Å². The van der Waals surface area contributed by atoms with Crippen molar-refractivity contribution in [3.8, 4) is 0 Å². The molecule has 1 atom stereocenters. The van der Waals surface area contributed by atoms with Gasteiger partial charge < -0.3 is 5.32 Å². The van der Waals surface area contributed by atoms with Crippen molar-refractivity contribution in [1.29, 1.82) is 0 Å². The molecule has 1 fully saturated rings. The predicted octanol–water partition coefficient (Wildman–Crippen LogP) is 1.18. The Morgan fingerprint density at radius 3 is 2.73 bits per heavy atom. The van der Waals surface area contributed by atoms with Gasteiger partial charge in [0.25, 0.3) is 0 Å². The third-order valence-electron chi connectivity index (χ3n) is 2.37. The van der Waals surface area contributed by atoms with Crippen LogP contribution in [0.15, 0.2) is 0 Å². The largest absolute Gasteiger partial charge is 0.360 e. The Bertz CT molecular complexity index is 472. The number of anilines is 1. The van der Waals surface area contributed by atoms with Crippen LogP contribution in [0, 0.1) is 0 Å². The second kappa shape index (κ2) is 3.57. The maximum absolute atomic E-state index is 11.4. The minimum atomic E-state index is -2.92. The Morgan fingerprint density at radius 1 is 1.53 bits per heavy atom. The first-order chi connectivity index (χ1) is 6.90. The number of sulfone groups is 1. The Morgan fingerprint density at radius 2 is 2.27 bits per heavy atom. The Labute approximate surface area is 97.1 Å². The van der Waals surface area contributed by atoms with Crippen LogP contribution in [0.25, 0.3) is 0 Å². The number of halogens is 1. The molecule has 1 aliphatic heterocycles. The number of nitrogens with zero attached hydrogens (tertiary/aromatic N) is 2. The molecule has 0 spiro atoms. The lowest BCUT2D eigenvalue weighted by Crippen LogP contribution is -2.36. The van der Waals surface area contributed by atoms with E-state index in [0.29, 0.717) is 17.4 Å². The first-order valence-corrected chi connectivity index (χ1v) is 7.30. The van der Waals surface area contributed by atoms with Crippen LogP contribution in [-0.2, 0) is 9.84 Å². The average molecular weight is 268 g/mol. The van der Waals surface area contributed by atoms with Crippen LogP contribution in [0.1, 0.15) is 13.3 Å². The standard InChI is InChI=1S/C7H10ClN3O2S2/c1-7(2-3-15(12,13)4-7)9-6-5(8)10-14-11-6/h2-4H2,1H3,(H,9,11). The summed E-state index contributed by atoms with van der Waals surface area (Å²) in [4.78, 5) is 0. The van der Waals surface area contributed by atoms with Gasteiger partial charge in [-0.15, -0.1) is 0 Å². The molecule has 1 unspecified atom stereocenters. The van der Waals surface area contributed by atoms with Crippen molar-refractivity contribution in [1.82, 2.24) is 8.75 Å². The molecule has 0 aromatic carbocycles. The molecule has 1 saturated heterocycles. The number of hydrogen-bond donors (Lipinski definition) is 1. The van der Waals surface area contributed by atoms with Crippen molar-refractivity contribution in [2.75, 3.05) is 16.8 Å². The summed E-state index contributed by atoms with van der Waals surface area (Å²) in [5, 5.41) is 3.34. The van der Waals surface area contributed by atoms with E-state index in [4.69, 9.17) is 11.6 Å². The topological polar surface area (TPSA) is 72.0 Å². The van der Waals surface area contributed by atoms with Crippen molar-refractivity contribution >= 4 is 39.0 Å². The summed E-state index contributed by atoms with van der Waals surface area (Å²) in [7, 11) is -2.92. The molecule has 8 heteroatoms. The molecule has 2 rings (SSSR count). The fourth-order valence-corrected chi connectivity index (χ4v) is 4.39. The fraction of sp³-hybridized carbons (Fsp3) is 0.714. The molecule has 1 aliphatic rings. The fourth-order valence-electron chi connectivity index (χ4n) is 1.65. The minimum absolute atomic E-state index is 0.119. The zero-order valence-electron chi connectivity index (χ0n) is 8.03. The summed E-state index contributed by atoms with van der Waals surface area (Å²) in [6.07, 6.45) is 0.573. The van der Waals surface area contributed by atoms with Gasteiger partial charge in [-0.25, -0.2) is 8.42 Å². The van der Waals surface area contributed by atoms with Gasteiger partial charge in [0.2, 0.25) is 0 Å². The van der Waals surface area contributed by atoms with Crippen molar-refractivity contribution in [2.45, 2.75) is 18.9 Å². The maximum Gasteiger partial charge on any atom is 0.186 e. The highest BCUT2D eigenvalue weighted by atomic mass is 35.5. The van der Waals surface area contributed by atoms with Gasteiger partial charge >= 0.3 is 0 Å². The molecule has 15 heavy (non-hydrogen) atoms. The summed E-state index contributed by atoms with van der Waals surface area (Å²) in [6.45, 7) is 1.85. The van der Waals surface area contributed by atoms with Gasteiger partial charge in [0.15, 0.2) is 20.8 Å². The molecule has 1 aromatic heterocycles. The maximum atomic E-state index is 11.4. The monoisotopic (exact) mass is 267 g/mol. The van der Waals surface area contributed by atoms with Crippen LogP contribution in [-0.4, -0.2) is 34.2 Å². The molecule has 0 radical (unpaired) electrons. The van der Waals surface area contributed by atoms with E-state index in [9.17, 15) is 8.42 Å². The smallest absolute Gasteiger partial charge is 0.186 e. The molecule has 0 bridgehead atoms. The van der Waals surface area contributed by atoms with Crippen molar-refractivity contribution in [3.05, 3.63) is 5.15 Å². The lowest BCUT2D eigenvalue weighted by molar-refractivity contribution is 0.572. The summed E-state index contributed by atoms with van der Waals surface area (Å²) < 4.78 is 30.5. The second-order valence-electron chi connectivity index (χ2n) is 3.93. The van der Waals surface area contributed by atoms with Gasteiger partial charge in [-0.1, -0.05) is 11.6 Å². The van der Waals surface area contributed by atoms with Crippen molar-refractivity contribution < 1.29 is 8.42 Å². The molecule has 1 aromatic rings. The molecule has 0 aliphatic carbocycles. The second-order valence-corrected chi connectivity index (χ2v) is 7.00. The van der Waals surface area contributed by atoms with Gasteiger partial charge in [-0.05, 0) is 13.3 Å². The zero-order valence-corrected chi connectivity index (χ0v) is 10.4. The van der Waals surface area contributed by atoms with E-state index in [1.807, 2.05) is 6.92 Å². The quantitative estimate of drug-likeness (QED) is 0.871. The highest BCUT2D eigenvalue weighted by molar-refractivity contribution is 7.91. The van der Waals surface area contributed by atoms with E-state index in [0.717, 1.165) is 11.7 Å². The van der Waals surface area contributed by atoms with Gasteiger partial charge in [0.05, 0.1) is 28.8 Å². The SMILES string of the molecule is CC1(Nc2nsnc2Cl)CCS(=O)(=O)C1. The van der Waals surface area contributed by atoms with Gasteiger partial charge in [-0.3, -0.25) is 0 Å². The molecule has 0 amide bonds. The van der Waals surface area contributed by atoms with Crippen LogP contribution < -0.4 is 5.32 Å². The predicted molar refractivity (Wildman–Crippen MR) is 60.2 cm³/mol. The molecule has 2 heterocycles. The summed E-state index contributed by atoms with van der Waals surface area (Å²) in [5.74, 6) is 0.806. The van der Waals surface area contributed by atoms with Gasteiger partial charge in [0.1, 0.15) is 0 Å². The van der Waals surface area contributed by atoms with Crippen molar-refractivity contribution in [2.24, 2.45) is 0 Å². The zero-order chi connectivity index (χ0) is 11.1. The highest BCUT2D eigenvalue weighted by Gasteiger charge is 2.39. The lowest BCUT2D eigenvalue weighted by Gasteiger charge is -2.23. The number of rotatable bonds is 2. The summed E-state index contributed by atoms with van der Waals surface area (Å²) >= 11 is 6.78. The molecular weight excluding hydrogens is 258 g/mol. The molecule has 84 valence electrons. The van der Waals surface area contributed by atoms with Gasteiger partial charge in [0, 0.05) is 0 Å². The molecule has 5 nitrogen and oxygen atoms in total. The van der Waals surface area contributed by atoms with Crippen LogP contribution in [0.3, 0.4) is 0 Å². The third-order valence-corrected chi connectivity index (χ3v) is 5.17. The number of nitrogens with one attached hydrogen (secondary N) is 1. The Hall–Kier alpha value is -0.400. The Balaban J connectivity index is 2.17. The molecular formula is C7H10ClN3O2S2. The van der Waals surface area contributed by atoms with Crippen LogP contribution in [0.2, 0.25) is 5.15 Å².